The van der Waals surface area contributed by atoms with Gasteiger partial charge in [-0.2, -0.15) is 0 Å². The first-order valence-corrected chi connectivity index (χ1v) is 5.78. The molecular weight excluding hydrogens is 214 g/mol. The Bertz CT molecular complexity index is 439. The van der Waals surface area contributed by atoms with E-state index < -0.39 is 0 Å². The highest BCUT2D eigenvalue weighted by molar-refractivity contribution is 5.98. The molecule has 4 nitrogen and oxygen atoms in total. The lowest BCUT2D eigenvalue weighted by molar-refractivity contribution is 0.105. The highest BCUT2D eigenvalue weighted by Gasteiger charge is 2.21. The number of nitrogen functional groups attached to an aromatic ring is 1. The summed E-state index contributed by atoms with van der Waals surface area (Å²) < 4.78 is 5.94. The highest BCUT2D eigenvalue weighted by atomic mass is 16.5. The van der Waals surface area contributed by atoms with E-state index in [0.717, 1.165) is 17.8 Å². The Morgan fingerprint density at radius 2 is 2.06 bits per heavy atom. The van der Waals surface area contributed by atoms with Crippen molar-refractivity contribution in [3.63, 3.8) is 0 Å². The number of nitrogens with two attached hydrogens (primary N) is 1. The zero-order valence-electron chi connectivity index (χ0n) is 11.2. The van der Waals surface area contributed by atoms with Gasteiger partial charge in [0.05, 0.1) is 11.3 Å². The van der Waals surface area contributed by atoms with Gasteiger partial charge in [-0.3, -0.25) is 10.4 Å². The Morgan fingerprint density at radius 3 is 2.53 bits per heavy atom. The maximum Gasteiger partial charge on any atom is 0.134 e. The van der Waals surface area contributed by atoms with Crippen molar-refractivity contribution in [2.45, 2.75) is 46.6 Å². The summed E-state index contributed by atoms with van der Waals surface area (Å²) in [6.07, 6.45) is 0.880. The molecule has 3 N–H and O–H groups in total. The topological polar surface area (TPSA) is 72.0 Å². The standard InChI is InChI=1S/C13H21N3O/c1-6-13(4,5)17-10-7-8(2)16-9(3)11(10)12(14)15/h7H,6H2,1-5H3,(H3,14,15). The molecule has 1 rings (SSSR count). The van der Waals surface area contributed by atoms with Crippen molar-refractivity contribution in [2.24, 2.45) is 5.73 Å². The molecule has 17 heavy (non-hydrogen) atoms. The molecule has 0 fully saturated rings. The number of aromatic nitrogens is 1. The fraction of sp³-hybridized carbons (Fsp3) is 0.538. The van der Waals surface area contributed by atoms with Crippen molar-refractivity contribution >= 4 is 5.84 Å². The molecule has 0 aliphatic heterocycles. The molecule has 0 saturated heterocycles. The predicted octanol–water partition coefficient (Wildman–Crippen LogP) is 2.55. The summed E-state index contributed by atoms with van der Waals surface area (Å²) in [7, 11) is 0. The van der Waals surface area contributed by atoms with Gasteiger partial charge >= 0.3 is 0 Å². The molecule has 94 valence electrons. The van der Waals surface area contributed by atoms with E-state index in [1.807, 2.05) is 33.8 Å². The third-order valence-electron chi connectivity index (χ3n) is 2.80. The van der Waals surface area contributed by atoms with Gasteiger partial charge in [-0.05, 0) is 34.1 Å². The van der Waals surface area contributed by atoms with E-state index in [-0.39, 0.29) is 11.4 Å². The van der Waals surface area contributed by atoms with Gasteiger partial charge in [0.25, 0.3) is 0 Å². The molecule has 1 aromatic heterocycles. The minimum Gasteiger partial charge on any atom is -0.487 e. The maximum absolute atomic E-state index is 7.61. The number of ether oxygens (including phenoxy) is 1. The largest absolute Gasteiger partial charge is 0.487 e. The quantitative estimate of drug-likeness (QED) is 0.622. The highest BCUT2D eigenvalue weighted by Crippen LogP contribution is 2.27. The number of nitrogens with one attached hydrogen (secondary N) is 1. The summed E-state index contributed by atoms with van der Waals surface area (Å²) in [5.41, 5.74) is 7.52. The van der Waals surface area contributed by atoms with Crippen molar-refractivity contribution in [3.8, 4) is 5.75 Å². The van der Waals surface area contributed by atoms with Crippen LogP contribution in [0.1, 0.15) is 44.1 Å². The third kappa shape index (κ3) is 3.19. The molecule has 1 aromatic rings. The summed E-state index contributed by atoms with van der Waals surface area (Å²) in [6.45, 7) is 9.84. The molecule has 4 heteroatoms. The van der Waals surface area contributed by atoms with Gasteiger partial charge in [0.2, 0.25) is 0 Å². The number of hydrogen-bond acceptors (Lipinski definition) is 3. The fourth-order valence-corrected chi connectivity index (χ4v) is 1.57. The zero-order chi connectivity index (χ0) is 13.2. The Morgan fingerprint density at radius 1 is 1.47 bits per heavy atom. The molecule has 0 radical (unpaired) electrons. The molecular formula is C13H21N3O. The van der Waals surface area contributed by atoms with Crippen LogP contribution in [0.3, 0.4) is 0 Å². The van der Waals surface area contributed by atoms with Gasteiger partial charge in [0, 0.05) is 11.8 Å². The molecule has 0 atom stereocenters. The minimum absolute atomic E-state index is 0.00287. The van der Waals surface area contributed by atoms with E-state index in [1.165, 1.54) is 0 Å². The Kier molecular flexibility index (Phi) is 3.76. The van der Waals surface area contributed by atoms with Crippen LogP contribution in [0.2, 0.25) is 0 Å². The maximum atomic E-state index is 7.61. The lowest BCUT2D eigenvalue weighted by atomic mass is 10.1. The lowest BCUT2D eigenvalue weighted by Gasteiger charge is -2.26. The number of aryl methyl sites for hydroxylation is 2. The zero-order valence-corrected chi connectivity index (χ0v) is 11.2. The summed E-state index contributed by atoms with van der Waals surface area (Å²) in [6, 6.07) is 1.83. The van der Waals surface area contributed by atoms with Crippen LogP contribution in [-0.4, -0.2) is 16.4 Å². The summed E-state index contributed by atoms with van der Waals surface area (Å²) in [4.78, 5) is 4.31. The van der Waals surface area contributed by atoms with Gasteiger partial charge in [-0.1, -0.05) is 6.92 Å². The SMILES string of the molecule is CCC(C)(C)Oc1cc(C)nc(C)c1C(=N)N. The van der Waals surface area contributed by atoms with Crippen LogP contribution in [0, 0.1) is 19.3 Å². The fourth-order valence-electron chi connectivity index (χ4n) is 1.57. The van der Waals surface area contributed by atoms with E-state index in [0.29, 0.717) is 11.3 Å². The van der Waals surface area contributed by atoms with Crippen molar-refractivity contribution in [1.82, 2.24) is 4.98 Å². The van der Waals surface area contributed by atoms with Crippen molar-refractivity contribution in [2.75, 3.05) is 0 Å². The van der Waals surface area contributed by atoms with E-state index in [9.17, 15) is 0 Å². The minimum atomic E-state index is -0.273. The van der Waals surface area contributed by atoms with Crippen LogP contribution in [-0.2, 0) is 0 Å². The molecule has 0 aliphatic carbocycles. The van der Waals surface area contributed by atoms with Gasteiger partial charge in [0.15, 0.2) is 0 Å². The molecule has 0 saturated carbocycles. The Balaban J connectivity index is 3.26. The second kappa shape index (κ2) is 4.73. The first kappa shape index (κ1) is 13.5. The number of pyridine rings is 1. The van der Waals surface area contributed by atoms with Gasteiger partial charge in [0.1, 0.15) is 17.2 Å². The lowest BCUT2D eigenvalue weighted by Crippen LogP contribution is -2.29. The molecule has 1 heterocycles. The van der Waals surface area contributed by atoms with E-state index >= 15 is 0 Å². The van der Waals surface area contributed by atoms with E-state index in [2.05, 4.69) is 11.9 Å². The number of nitrogens with zero attached hydrogens (tertiary/aromatic N) is 1. The predicted molar refractivity (Wildman–Crippen MR) is 69.7 cm³/mol. The van der Waals surface area contributed by atoms with E-state index in [1.54, 1.807) is 0 Å². The molecule has 0 aliphatic rings. The van der Waals surface area contributed by atoms with Crippen molar-refractivity contribution in [3.05, 3.63) is 23.0 Å². The second-order valence-corrected chi connectivity index (χ2v) is 4.85. The van der Waals surface area contributed by atoms with Gasteiger partial charge in [-0.25, -0.2) is 0 Å². The van der Waals surface area contributed by atoms with Crippen LogP contribution in [0.5, 0.6) is 5.75 Å². The summed E-state index contributed by atoms with van der Waals surface area (Å²) in [5, 5.41) is 7.61. The average Bonchev–Trinajstić information content (AvgIpc) is 2.14. The van der Waals surface area contributed by atoms with Crippen LogP contribution in [0.4, 0.5) is 0 Å². The van der Waals surface area contributed by atoms with Crippen LogP contribution in [0.25, 0.3) is 0 Å². The van der Waals surface area contributed by atoms with Crippen molar-refractivity contribution in [1.29, 1.82) is 5.41 Å². The molecule has 0 aromatic carbocycles. The Hall–Kier alpha value is -1.58. The number of rotatable bonds is 4. The molecule has 0 bridgehead atoms. The molecule has 0 spiro atoms. The van der Waals surface area contributed by atoms with Crippen molar-refractivity contribution < 1.29 is 4.74 Å². The molecule has 0 unspecified atom stereocenters. The summed E-state index contributed by atoms with van der Waals surface area (Å²) in [5.74, 6) is 0.645. The second-order valence-electron chi connectivity index (χ2n) is 4.85. The number of amidine groups is 1. The number of hydrogen-bond donors (Lipinski definition) is 2. The van der Waals surface area contributed by atoms with Gasteiger partial charge < -0.3 is 10.5 Å². The first-order chi connectivity index (χ1) is 7.76. The first-order valence-electron chi connectivity index (χ1n) is 5.78. The van der Waals surface area contributed by atoms with Crippen LogP contribution in [0.15, 0.2) is 6.07 Å². The average molecular weight is 235 g/mol. The van der Waals surface area contributed by atoms with Gasteiger partial charge in [-0.15, -0.1) is 0 Å². The van der Waals surface area contributed by atoms with Crippen LogP contribution >= 0.6 is 0 Å². The third-order valence-corrected chi connectivity index (χ3v) is 2.80. The summed E-state index contributed by atoms with van der Waals surface area (Å²) >= 11 is 0. The van der Waals surface area contributed by atoms with E-state index in [4.69, 9.17) is 15.9 Å². The normalized spacial score (nSPS) is 11.4. The molecule has 0 amide bonds. The monoisotopic (exact) mass is 235 g/mol. The Labute approximate surface area is 103 Å². The smallest absolute Gasteiger partial charge is 0.134 e. The van der Waals surface area contributed by atoms with Crippen LogP contribution < -0.4 is 10.5 Å².